The fourth-order valence-electron chi connectivity index (χ4n) is 1.29. The van der Waals surface area contributed by atoms with Crippen molar-refractivity contribution < 1.29 is 14.7 Å². The van der Waals surface area contributed by atoms with E-state index in [4.69, 9.17) is 5.73 Å². The van der Waals surface area contributed by atoms with Crippen molar-refractivity contribution in [2.24, 2.45) is 0 Å². The second kappa shape index (κ2) is 6.35. The highest BCUT2D eigenvalue weighted by Gasteiger charge is 2.07. The van der Waals surface area contributed by atoms with E-state index in [1.54, 1.807) is 0 Å². The third-order valence-corrected chi connectivity index (χ3v) is 4.04. The van der Waals surface area contributed by atoms with Crippen molar-refractivity contribution in [1.29, 1.82) is 0 Å². The number of nitrogens with one attached hydrogen (secondary N) is 1. The molecule has 0 saturated heterocycles. The molecule has 1 aromatic carbocycles. The third kappa shape index (κ3) is 3.93. The maximum atomic E-state index is 11.7. The minimum Gasteiger partial charge on any atom is -0.545 e. The zero-order valence-corrected chi connectivity index (χ0v) is 11.7. The molecule has 0 atom stereocenters. The highest BCUT2D eigenvalue weighted by atomic mass is 32.2. The lowest BCUT2D eigenvalue weighted by Gasteiger charge is -2.06. The number of carboxylic acids is 1. The number of carboxylic acid groups (broad SMARTS) is 1. The van der Waals surface area contributed by atoms with Crippen molar-refractivity contribution in [2.75, 3.05) is 16.8 Å². The van der Waals surface area contributed by atoms with E-state index in [-0.39, 0.29) is 17.2 Å². The number of benzene rings is 1. The number of nitrogens with two attached hydrogens (primary N) is 1. The molecular formula is C11H9N4O3S2-. The Kier molecular flexibility index (Phi) is 4.53. The minimum absolute atomic E-state index is 0.0571. The zero-order valence-electron chi connectivity index (χ0n) is 10.0. The summed E-state index contributed by atoms with van der Waals surface area (Å²) >= 11 is 2.43. The molecule has 0 saturated carbocycles. The van der Waals surface area contributed by atoms with Crippen molar-refractivity contribution in [3.8, 4) is 0 Å². The number of nitrogens with zero attached hydrogens (tertiary/aromatic N) is 2. The highest BCUT2D eigenvalue weighted by Crippen LogP contribution is 2.23. The molecule has 0 radical (unpaired) electrons. The fourth-order valence-corrected chi connectivity index (χ4v) is 2.73. The lowest BCUT2D eigenvalue weighted by Crippen LogP contribution is -2.22. The molecule has 0 bridgehead atoms. The monoisotopic (exact) mass is 309 g/mol. The molecule has 1 aromatic heterocycles. The number of rotatable bonds is 5. The van der Waals surface area contributed by atoms with E-state index >= 15 is 0 Å². The SMILES string of the molecule is Nc1nnc(SCC(=O)Nc2ccc(C(=O)[O-])cc2)s1. The van der Waals surface area contributed by atoms with Crippen LogP contribution >= 0.6 is 23.1 Å². The summed E-state index contributed by atoms with van der Waals surface area (Å²) in [5.74, 6) is -1.33. The second-order valence-electron chi connectivity index (χ2n) is 3.61. The number of amides is 1. The molecule has 2 rings (SSSR count). The van der Waals surface area contributed by atoms with Gasteiger partial charge in [-0.3, -0.25) is 4.79 Å². The number of hydrogen-bond donors (Lipinski definition) is 2. The second-order valence-corrected chi connectivity index (χ2v) is 5.84. The Labute approximate surface area is 122 Å². The molecule has 0 spiro atoms. The molecule has 0 aliphatic carbocycles. The Hall–Kier alpha value is -2.13. The number of hydrogen-bond acceptors (Lipinski definition) is 8. The average molecular weight is 309 g/mol. The van der Waals surface area contributed by atoms with Crippen LogP contribution in [0, 0.1) is 0 Å². The van der Waals surface area contributed by atoms with Gasteiger partial charge in [0.05, 0.1) is 11.7 Å². The number of nitrogen functional groups attached to an aromatic ring is 1. The first-order valence-corrected chi connectivity index (χ1v) is 7.18. The van der Waals surface area contributed by atoms with E-state index in [2.05, 4.69) is 15.5 Å². The molecule has 7 nitrogen and oxygen atoms in total. The summed E-state index contributed by atoms with van der Waals surface area (Å²) in [6, 6.07) is 5.72. The standard InChI is InChI=1S/C11H10N4O3S2/c12-10-14-15-11(20-10)19-5-8(16)13-7-3-1-6(2-4-7)9(17)18/h1-4H,5H2,(H2,12,14)(H,13,16)(H,17,18)/p-1. The summed E-state index contributed by atoms with van der Waals surface area (Å²) in [6.45, 7) is 0. The predicted octanol–water partition coefficient (Wildman–Crippen LogP) is 0.215. The molecule has 0 aliphatic rings. The van der Waals surface area contributed by atoms with Crippen LogP contribution in [0.1, 0.15) is 10.4 Å². The van der Waals surface area contributed by atoms with Crippen LogP contribution in [0.25, 0.3) is 0 Å². The summed E-state index contributed by atoms with van der Waals surface area (Å²) in [5.41, 5.74) is 5.99. The van der Waals surface area contributed by atoms with Crippen LogP contribution in [0.15, 0.2) is 28.6 Å². The first kappa shape index (κ1) is 14.3. The molecule has 0 unspecified atom stereocenters. The van der Waals surface area contributed by atoms with Gasteiger partial charge in [0.25, 0.3) is 0 Å². The van der Waals surface area contributed by atoms with Crippen LogP contribution in [0.2, 0.25) is 0 Å². The van der Waals surface area contributed by atoms with Crippen LogP contribution in [-0.2, 0) is 4.79 Å². The summed E-state index contributed by atoms with van der Waals surface area (Å²) in [6.07, 6.45) is 0. The highest BCUT2D eigenvalue weighted by molar-refractivity contribution is 8.01. The van der Waals surface area contributed by atoms with E-state index in [0.29, 0.717) is 15.2 Å². The smallest absolute Gasteiger partial charge is 0.234 e. The van der Waals surface area contributed by atoms with E-state index < -0.39 is 5.97 Å². The average Bonchev–Trinajstić information content (AvgIpc) is 2.83. The molecule has 9 heteroatoms. The first-order valence-electron chi connectivity index (χ1n) is 5.37. The summed E-state index contributed by atoms with van der Waals surface area (Å²) in [4.78, 5) is 22.2. The molecule has 104 valence electrons. The van der Waals surface area contributed by atoms with Gasteiger partial charge in [-0.15, -0.1) is 10.2 Å². The Bertz CT molecular complexity index is 627. The number of anilines is 2. The summed E-state index contributed by atoms with van der Waals surface area (Å²) < 4.78 is 0.616. The van der Waals surface area contributed by atoms with Crippen LogP contribution < -0.4 is 16.2 Å². The Morgan fingerprint density at radius 1 is 1.30 bits per heavy atom. The van der Waals surface area contributed by atoms with Crippen molar-refractivity contribution in [3.05, 3.63) is 29.8 Å². The van der Waals surface area contributed by atoms with Crippen molar-refractivity contribution in [1.82, 2.24) is 10.2 Å². The molecule has 0 fully saturated rings. The lowest BCUT2D eigenvalue weighted by molar-refractivity contribution is -0.255. The predicted molar refractivity (Wildman–Crippen MR) is 74.4 cm³/mol. The fraction of sp³-hybridized carbons (Fsp3) is 0.0909. The molecule has 1 heterocycles. The Morgan fingerprint density at radius 2 is 2.00 bits per heavy atom. The number of aromatic nitrogens is 2. The first-order chi connectivity index (χ1) is 9.54. The van der Waals surface area contributed by atoms with Gasteiger partial charge in [-0.1, -0.05) is 35.2 Å². The Balaban J connectivity index is 1.86. The summed E-state index contributed by atoms with van der Waals surface area (Å²) in [5, 5.41) is 21.0. The lowest BCUT2D eigenvalue weighted by atomic mass is 10.2. The molecule has 2 aromatic rings. The van der Waals surface area contributed by atoms with Crippen LogP contribution in [0.4, 0.5) is 10.8 Å². The quantitative estimate of drug-likeness (QED) is 0.757. The third-order valence-electron chi connectivity index (χ3n) is 2.15. The minimum atomic E-state index is -1.26. The van der Waals surface area contributed by atoms with Gasteiger partial charge in [0, 0.05) is 5.69 Å². The molecule has 20 heavy (non-hydrogen) atoms. The van der Waals surface area contributed by atoms with Gasteiger partial charge < -0.3 is 21.0 Å². The topological polar surface area (TPSA) is 121 Å². The number of thioether (sulfide) groups is 1. The van der Waals surface area contributed by atoms with Crippen molar-refractivity contribution >= 4 is 45.8 Å². The van der Waals surface area contributed by atoms with E-state index in [9.17, 15) is 14.7 Å². The number of aromatic carboxylic acids is 1. The molecule has 1 amide bonds. The van der Waals surface area contributed by atoms with Crippen LogP contribution in [0.3, 0.4) is 0 Å². The van der Waals surface area contributed by atoms with Crippen LogP contribution in [-0.4, -0.2) is 27.8 Å². The van der Waals surface area contributed by atoms with Gasteiger partial charge >= 0.3 is 0 Å². The van der Waals surface area contributed by atoms with Gasteiger partial charge in [0.1, 0.15) is 0 Å². The normalized spacial score (nSPS) is 10.2. The van der Waals surface area contributed by atoms with Gasteiger partial charge in [0.2, 0.25) is 11.0 Å². The van der Waals surface area contributed by atoms with E-state index in [1.807, 2.05) is 0 Å². The van der Waals surface area contributed by atoms with Gasteiger partial charge in [-0.05, 0) is 17.7 Å². The van der Waals surface area contributed by atoms with Gasteiger partial charge in [0.15, 0.2) is 4.34 Å². The van der Waals surface area contributed by atoms with Gasteiger partial charge in [-0.2, -0.15) is 0 Å². The maximum Gasteiger partial charge on any atom is 0.234 e. The zero-order chi connectivity index (χ0) is 14.5. The van der Waals surface area contributed by atoms with E-state index in [1.165, 1.54) is 47.4 Å². The maximum absolute atomic E-state index is 11.7. The largest absolute Gasteiger partial charge is 0.545 e. The van der Waals surface area contributed by atoms with Gasteiger partial charge in [-0.25, -0.2) is 0 Å². The van der Waals surface area contributed by atoms with Crippen LogP contribution in [0.5, 0.6) is 0 Å². The van der Waals surface area contributed by atoms with Crippen molar-refractivity contribution in [2.45, 2.75) is 4.34 Å². The number of carbonyl (C=O) groups is 2. The molecule has 3 N–H and O–H groups in total. The molecular weight excluding hydrogens is 300 g/mol. The van der Waals surface area contributed by atoms with Crippen molar-refractivity contribution in [3.63, 3.8) is 0 Å². The summed E-state index contributed by atoms with van der Waals surface area (Å²) in [7, 11) is 0. The molecule has 0 aliphatic heterocycles. The number of carbonyl (C=O) groups excluding carboxylic acids is 2. The van der Waals surface area contributed by atoms with E-state index in [0.717, 1.165) is 0 Å². The Morgan fingerprint density at radius 3 is 2.55 bits per heavy atom.